The first-order valence-corrected chi connectivity index (χ1v) is 10.1. The summed E-state index contributed by atoms with van der Waals surface area (Å²) in [6.45, 7) is 2.05. The lowest BCUT2D eigenvalue weighted by molar-refractivity contribution is 0.102. The molecule has 0 aromatic heterocycles. The molecule has 2 aromatic carbocycles. The highest BCUT2D eigenvalue weighted by molar-refractivity contribution is 14.1. The zero-order valence-corrected chi connectivity index (χ0v) is 17.4. The molecule has 0 bridgehead atoms. The summed E-state index contributed by atoms with van der Waals surface area (Å²) in [4.78, 5) is 12.4. The zero-order valence-electron chi connectivity index (χ0n) is 14.4. The van der Waals surface area contributed by atoms with Crippen molar-refractivity contribution >= 4 is 44.2 Å². The quantitative estimate of drug-likeness (QED) is 0.628. The highest BCUT2D eigenvalue weighted by atomic mass is 127. The molecule has 0 unspecified atom stereocenters. The molecule has 0 aliphatic rings. The Kier molecular flexibility index (Phi) is 6.58. The summed E-state index contributed by atoms with van der Waals surface area (Å²) in [5.41, 5.74) is 0.580. The average Bonchev–Trinajstić information content (AvgIpc) is 2.56. The van der Waals surface area contributed by atoms with E-state index in [0.717, 1.165) is 4.31 Å². The number of rotatable bonds is 6. The van der Waals surface area contributed by atoms with Gasteiger partial charge in [-0.2, -0.15) is 0 Å². The number of benzene rings is 2. The topological polar surface area (TPSA) is 75.7 Å². The van der Waals surface area contributed by atoms with Crippen molar-refractivity contribution in [1.82, 2.24) is 4.31 Å². The molecule has 0 aliphatic carbocycles. The molecule has 6 nitrogen and oxygen atoms in total. The van der Waals surface area contributed by atoms with E-state index in [1.165, 1.54) is 44.4 Å². The fraction of sp³-hybridized carbons (Fsp3) is 0.235. The van der Waals surface area contributed by atoms with Crippen molar-refractivity contribution in [2.75, 3.05) is 26.0 Å². The van der Waals surface area contributed by atoms with Crippen molar-refractivity contribution in [1.29, 1.82) is 0 Å². The lowest BCUT2D eigenvalue weighted by Gasteiger charge is -2.17. The Hall–Kier alpha value is -1.72. The Labute approximate surface area is 165 Å². The van der Waals surface area contributed by atoms with Gasteiger partial charge in [0.15, 0.2) is 0 Å². The van der Waals surface area contributed by atoms with Gasteiger partial charge in [-0.05, 0) is 65.9 Å². The van der Waals surface area contributed by atoms with Crippen LogP contribution in [-0.4, -0.2) is 39.3 Å². The number of hydrogen-bond donors (Lipinski definition) is 1. The normalized spacial score (nSPS) is 11.5. The minimum atomic E-state index is -3.76. The van der Waals surface area contributed by atoms with E-state index in [2.05, 4.69) is 5.32 Å². The Balaban J connectivity index is 2.40. The van der Waals surface area contributed by atoms with Crippen LogP contribution in [0.25, 0.3) is 0 Å². The third-order valence-corrected chi connectivity index (χ3v) is 6.16. The van der Waals surface area contributed by atoms with Gasteiger partial charge in [0.05, 0.1) is 12.2 Å². The molecule has 0 heterocycles. The molecule has 0 spiro atoms. The summed E-state index contributed by atoms with van der Waals surface area (Å²) >= 11 is 1.87. The summed E-state index contributed by atoms with van der Waals surface area (Å²) in [7, 11) is -0.933. The van der Waals surface area contributed by atoms with Crippen LogP contribution in [0, 0.1) is 9.39 Å². The molecule has 0 saturated carbocycles. The molecule has 26 heavy (non-hydrogen) atoms. The van der Waals surface area contributed by atoms with Gasteiger partial charge in [0.25, 0.3) is 5.91 Å². The molecular formula is C17H18FIN2O4S. The maximum Gasteiger partial charge on any atom is 0.256 e. The van der Waals surface area contributed by atoms with Gasteiger partial charge in [-0.25, -0.2) is 17.1 Å². The van der Waals surface area contributed by atoms with Crippen molar-refractivity contribution in [3.8, 4) is 5.75 Å². The summed E-state index contributed by atoms with van der Waals surface area (Å²) in [6, 6.07) is 8.19. The van der Waals surface area contributed by atoms with E-state index in [9.17, 15) is 17.6 Å². The van der Waals surface area contributed by atoms with Crippen LogP contribution in [0.4, 0.5) is 10.1 Å². The van der Waals surface area contributed by atoms with E-state index in [1.807, 2.05) is 22.6 Å². The maximum atomic E-state index is 13.2. The number of sulfonamides is 1. The van der Waals surface area contributed by atoms with Crippen LogP contribution < -0.4 is 10.1 Å². The largest absolute Gasteiger partial charge is 0.492 e. The molecular weight excluding hydrogens is 474 g/mol. The first kappa shape index (κ1) is 20.6. The summed E-state index contributed by atoms with van der Waals surface area (Å²) < 4.78 is 45.1. The predicted octanol–water partition coefficient (Wildman–Crippen LogP) is 3.33. The number of amides is 1. The number of anilines is 1. The second-order valence-corrected chi connectivity index (χ2v) is 8.74. The molecule has 0 atom stereocenters. The molecule has 0 fully saturated rings. The number of ether oxygens (including phenoxy) is 1. The van der Waals surface area contributed by atoms with Crippen LogP contribution in [0.15, 0.2) is 41.3 Å². The number of carbonyl (C=O) groups is 1. The molecule has 0 aliphatic heterocycles. The Morgan fingerprint density at radius 1 is 1.23 bits per heavy atom. The average molecular weight is 492 g/mol. The van der Waals surface area contributed by atoms with Crippen LogP contribution in [0.5, 0.6) is 5.75 Å². The van der Waals surface area contributed by atoms with Crippen molar-refractivity contribution in [2.24, 2.45) is 0 Å². The van der Waals surface area contributed by atoms with Gasteiger partial charge in [-0.1, -0.05) is 0 Å². The fourth-order valence-electron chi connectivity index (χ4n) is 2.13. The molecule has 2 aromatic rings. The molecule has 1 amide bonds. The zero-order chi connectivity index (χ0) is 19.5. The van der Waals surface area contributed by atoms with Crippen LogP contribution in [0.2, 0.25) is 0 Å². The van der Waals surface area contributed by atoms with Gasteiger partial charge in [0.1, 0.15) is 16.5 Å². The van der Waals surface area contributed by atoms with Gasteiger partial charge in [-0.3, -0.25) is 4.79 Å². The van der Waals surface area contributed by atoms with Gasteiger partial charge in [-0.15, -0.1) is 0 Å². The van der Waals surface area contributed by atoms with E-state index in [-0.39, 0.29) is 16.2 Å². The number of nitrogens with one attached hydrogen (secondary N) is 1. The van der Waals surface area contributed by atoms with Crippen LogP contribution in [0.3, 0.4) is 0 Å². The van der Waals surface area contributed by atoms with E-state index >= 15 is 0 Å². The van der Waals surface area contributed by atoms with Crippen LogP contribution in [-0.2, 0) is 10.0 Å². The highest BCUT2D eigenvalue weighted by Crippen LogP contribution is 2.29. The lowest BCUT2D eigenvalue weighted by Crippen LogP contribution is -2.23. The Bertz CT molecular complexity index is 932. The molecule has 9 heteroatoms. The number of hydrogen-bond acceptors (Lipinski definition) is 4. The van der Waals surface area contributed by atoms with Crippen LogP contribution in [0.1, 0.15) is 17.3 Å². The van der Waals surface area contributed by atoms with Gasteiger partial charge >= 0.3 is 0 Å². The summed E-state index contributed by atoms with van der Waals surface area (Å²) in [5, 5.41) is 2.63. The minimum absolute atomic E-state index is 0.0454. The Morgan fingerprint density at radius 3 is 2.50 bits per heavy atom. The van der Waals surface area contributed by atoms with Crippen LogP contribution >= 0.6 is 22.6 Å². The van der Waals surface area contributed by atoms with E-state index in [0.29, 0.717) is 15.9 Å². The Morgan fingerprint density at radius 2 is 1.92 bits per heavy atom. The minimum Gasteiger partial charge on any atom is -0.492 e. The smallest absolute Gasteiger partial charge is 0.256 e. The molecule has 1 N–H and O–H groups in total. The third-order valence-electron chi connectivity index (χ3n) is 3.44. The van der Waals surface area contributed by atoms with Gasteiger partial charge in [0, 0.05) is 23.4 Å². The SMILES string of the molecule is CCOc1ccc(NC(=O)c2ccc(F)cc2I)cc1S(=O)(=O)N(C)C. The standard InChI is InChI=1S/C17H18FIN2O4S/c1-4-25-15-8-6-12(10-16(15)26(23,24)21(2)3)20-17(22)13-7-5-11(18)9-14(13)19/h5-10H,4H2,1-3H3,(H,20,22). The van der Waals surface area contributed by atoms with Crippen molar-refractivity contribution in [2.45, 2.75) is 11.8 Å². The lowest BCUT2D eigenvalue weighted by atomic mass is 10.2. The molecule has 2 rings (SSSR count). The second-order valence-electron chi connectivity index (χ2n) is 5.46. The summed E-state index contributed by atoms with van der Waals surface area (Å²) in [5.74, 6) is -0.700. The number of carbonyl (C=O) groups excluding carboxylic acids is 1. The number of halogens is 2. The maximum absolute atomic E-state index is 13.2. The molecule has 140 valence electrons. The van der Waals surface area contributed by atoms with E-state index in [4.69, 9.17) is 4.74 Å². The van der Waals surface area contributed by atoms with Crippen molar-refractivity contribution < 1.29 is 22.3 Å². The first-order chi connectivity index (χ1) is 12.2. The van der Waals surface area contributed by atoms with Gasteiger partial charge < -0.3 is 10.1 Å². The van der Waals surface area contributed by atoms with Gasteiger partial charge in [0.2, 0.25) is 10.0 Å². The van der Waals surface area contributed by atoms with Crippen molar-refractivity contribution in [3.05, 3.63) is 51.3 Å². The third kappa shape index (κ3) is 4.51. The molecule has 0 saturated heterocycles. The fourth-order valence-corrected chi connectivity index (χ4v) is 3.90. The summed E-state index contributed by atoms with van der Waals surface area (Å²) in [6.07, 6.45) is 0. The second kappa shape index (κ2) is 8.31. The van der Waals surface area contributed by atoms with Crippen molar-refractivity contribution in [3.63, 3.8) is 0 Å². The number of nitrogens with zero attached hydrogens (tertiary/aromatic N) is 1. The van der Waals surface area contributed by atoms with E-state index < -0.39 is 21.7 Å². The first-order valence-electron chi connectivity index (χ1n) is 7.62. The molecule has 0 radical (unpaired) electrons. The monoisotopic (exact) mass is 492 g/mol. The van der Waals surface area contributed by atoms with E-state index in [1.54, 1.807) is 13.0 Å². The highest BCUT2D eigenvalue weighted by Gasteiger charge is 2.23. The predicted molar refractivity (Wildman–Crippen MR) is 106 cm³/mol.